The van der Waals surface area contributed by atoms with Crippen LogP contribution in [-0.2, 0) is 14.1 Å². The number of benzene rings is 1. The number of nitrogen functional groups attached to an aromatic ring is 1. The van der Waals surface area contributed by atoms with Crippen LogP contribution in [0.25, 0.3) is 11.0 Å². The molecule has 3 nitrogen and oxygen atoms in total. The Balaban J connectivity index is 2.99. The molecule has 3 heteroatoms. The molecule has 0 bridgehead atoms. The van der Waals surface area contributed by atoms with Gasteiger partial charge in [0.2, 0.25) is 6.33 Å². The number of fused-ring (bicyclic) bond motifs is 1. The number of hydrogen-bond acceptors (Lipinski definition) is 1. The van der Waals surface area contributed by atoms with Gasteiger partial charge in [0.1, 0.15) is 0 Å². The van der Waals surface area contributed by atoms with Crippen LogP contribution in [0.5, 0.6) is 0 Å². The molecule has 12 heavy (non-hydrogen) atoms. The van der Waals surface area contributed by atoms with Crippen molar-refractivity contribution < 1.29 is 4.57 Å². The molecule has 62 valence electrons. The number of para-hydroxylation sites is 1. The predicted octanol–water partition coefficient (Wildman–Crippen LogP) is 0.585. The molecule has 2 aromatic rings. The highest BCUT2D eigenvalue weighted by Gasteiger charge is 2.11. The summed E-state index contributed by atoms with van der Waals surface area (Å²) in [5.41, 5.74) is 8.93. The highest BCUT2D eigenvalue weighted by molar-refractivity contribution is 5.83. The second-order valence-corrected chi connectivity index (χ2v) is 3.05. The SMILES string of the molecule is Cn1c[n+](C)c2c(N)cccc21. The van der Waals surface area contributed by atoms with Gasteiger partial charge in [-0.3, -0.25) is 0 Å². The fraction of sp³-hybridized carbons (Fsp3) is 0.222. The van der Waals surface area contributed by atoms with Crippen molar-refractivity contribution in [2.45, 2.75) is 0 Å². The first-order valence-electron chi connectivity index (χ1n) is 3.89. The van der Waals surface area contributed by atoms with Gasteiger partial charge in [0.05, 0.1) is 19.8 Å². The Morgan fingerprint density at radius 3 is 2.83 bits per heavy atom. The Labute approximate surface area is 71.0 Å². The Morgan fingerprint density at radius 1 is 1.42 bits per heavy atom. The van der Waals surface area contributed by atoms with Crippen LogP contribution in [0.3, 0.4) is 0 Å². The molecule has 0 saturated carbocycles. The van der Waals surface area contributed by atoms with Crippen molar-refractivity contribution in [3.8, 4) is 0 Å². The molecule has 1 aromatic heterocycles. The van der Waals surface area contributed by atoms with Gasteiger partial charge in [0.15, 0.2) is 11.0 Å². The molecule has 0 aliphatic carbocycles. The molecule has 2 rings (SSSR count). The summed E-state index contributed by atoms with van der Waals surface area (Å²) in [5, 5.41) is 0. The summed E-state index contributed by atoms with van der Waals surface area (Å²) in [4.78, 5) is 0. The lowest BCUT2D eigenvalue weighted by atomic mass is 10.3. The molecule has 0 fully saturated rings. The van der Waals surface area contributed by atoms with Crippen LogP contribution < -0.4 is 10.3 Å². The first-order chi connectivity index (χ1) is 5.70. The van der Waals surface area contributed by atoms with Crippen LogP contribution in [0.2, 0.25) is 0 Å². The fourth-order valence-electron chi connectivity index (χ4n) is 1.60. The zero-order valence-corrected chi connectivity index (χ0v) is 7.28. The van der Waals surface area contributed by atoms with E-state index in [1.54, 1.807) is 0 Å². The molecule has 1 aromatic carbocycles. The number of imidazole rings is 1. The molecule has 0 aliphatic heterocycles. The Bertz CT molecular complexity index is 429. The van der Waals surface area contributed by atoms with E-state index >= 15 is 0 Å². The lowest BCUT2D eigenvalue weighted by Gasteiger charge is -1.92. The monoisotopic (exact) mass is 162 g/mol. The minimum atomic E-state index is 0.829. The predicted molar refractivity (Wildman–Crippen MR) is 48.5 cm³/mol. The van der Waals surface area contributed by atoms with Gasteiger partial charge in [0.25, 0.3) is 0 Å². The molecule has 0 aliphatic rings. The van der Waals surface area contributed by atoms with E-state index in [0.29, 0.717) is 0 Å². The smallest absolute Gasteiger partial charge is 0.244 e. The standard InChI is InChI=1S/C9H12N3/c1-11-6-12(2)9-7(10)4-3-5-8(9)11/h3-6H,10H2,1-2H3/q+1. The van der Waals surface area contributed by atoms with Crippen molar-refractivity contribution in [3.05, 3.63) is 24.5 Å². The summed E-state index contributed by atoms with van der Waals surface area (Å²) >= 11 is 0. The summed E-state index contributed by atoms with van der Waals surface area (Å²) < 4.78 is 4.09. The number of nitrogens with zero attached hydrogens (tertiary/aromatic N) is 2. The number of nitrogens with two attached hydrogens (primary N) is 1. The van der Waals surface area contributed by atoms with E-state index in [9.17, 15) is 0 Å². The molecule has 0 spiro atoms. The minimum Gasteiger partial charge on any atom is -0.395 e. The zero-order chi connectivity index (χ0) is 8.72. The first kappa shape index (κ1) is 7.16. The van der Waals surface area contributed by atoms with Crippen molar-refractivity contribution >= 4 is 16.7 Å². The van der Waals surface area contributed by atoms with Crippen molar-refractivity contribution in [3.63, 3.8) is 0 Å². The number of rotatable bonds is 0. The van der Waals surface area contributed by atoms with Crippen LogP contribution >= 0.6 is 0 Å². The molecule has 0 unspecified atom stereocenters. The number of aryl methyl sites for hydroxylation is 2. The third kappa shape index (κ3) is 0.794. The number of aromatic nitrogens is 2. The average molecular weight is 162 g/mol. The molecule has 1 heterocycles. The van der Waals surface area contributed by atoms with Crippen molar-refractivity contribution in [1.29, 1.82) is 0 Å². The largest absolute Gasteiger partial charge is 0.395 e. The highest BCUT2D eigenvalue weighted by atomic mass is 15.1. The van der Waals surface area contributed by atoms with Gasteiger partial charge < -0.3 is 5.73 Å². The summed E-state index contributed by atoms with van der Waals surface area (Å²) in [6.07, 6.45) is 2.01. The van der Waals surface area contributed by atoms with E-state index in [1.165, 1.54) is 0 Å². The minimum absolute atomic E-state index is 0.829. The third-order valence-corrected chi connectivity index (χ3v) is 2.13. The van der Waals surface area contributed by atoms with Crippen LogP contribution in [0.15, 0.2) is 24.5 Å². The quantitative estimate of drug-likeness (QED) is 0.446. The van der Waals surface area contributed by atoms with Crippen LogP contribution in [-0.4, -0.2) is 4.57 Å². The van der Waals surface area contributed by atoms with Gasteiger partial charge in [-0.2, -0.15) is 0 Å². The molecule has 0 radical (unpaired) electrons. The second-order valence-electron chi connectivity index (χ2n) is 3.05. The van der Waals surface area contributed by atoms with E-state index in [4.69, 9.17) is 5.73 Å². The van der Waals surface area contributed by atoms with E-state index in [0.717, 1.165) is 16.7 Å². The lowest BCUT2D eigenvalue weighted by molar-refractivity contribution is -0.645. The second kappa shape index (κ2) is 2.24. The Kier molecular flexibility index (Phi) is 1.33. The summed E-state index contributed by atoms with van der Waals surface area (Å²) in [7, 11) is 4.01. The van der Waals surface area contributed by atoms with Crippen LogP contribution in [0, 0.1) is 0 Å². The molecule has 2 N–H and O–H groups in total. The highest BCUT2D eigenvalue weighted by Crippen LogP contribution is 2.15. The molecular formula is C9H12N3+. The van der Waals surface area contributed by atoms with Gasteiger partial charge in [-0.05, 0) is 12.1 Å². The van der Waals surface area contributed by atoms with Crippen LogP contribution in [0.4, 0.5) is 5.69 Å². The van der Waals surface area contributed by atoms with Crippen LogP contribution in [0.1, 0.15) is 0 Å². The van der Waals surface area contributed by atoms with Crippen molar-refractivity contribution in [2.75, 3.05) is 5.73 Å². The summed E-state index contributed by atoms with van der Waals surface area (Å²) in [6.45, 7) is 0. The van der Waals surface area contributed by atoms with Gasteiger partial charge in [0, 0.05) is 0 Å². The van der Waals surface area contributed by atoms with E-state index in [-0.39, 0.29) is 0 Å². The normalized spacial score (nSPS) is 10.8. The lowest BCUT2D eigenvalue weighted by Crippen LogP contribution is -2.26. The molecular weight excluding hydrogens is 150 g/mol. The molecule has 0 saturated heterocycles. The molecule has 0 amide bonds. The Hall–Kier alpha value is -1.51. The molecule has 0 atom stereocenters. The zero-order valence-electron chi connectivity index (χ0n) is 7.28. The van der Waals surface area contributed by atoms with E-state index in [1.807, 2.05) is 37.1 Å². The number of anilines is 1. The average Bonchev–Trinajstić information content (AvgIpc) is 2.29. The van der Waals surface area contributed by atoms with Crippen molar-refractivity contribution in [1.82, 2.24) is 4.57 Å². The van der Waals surface area contributed by atoms with E-state index < -0.39 is 0 Å². The summed E-state index contributed by atoms with van der Waals surface area (Å²) in [5.74, 6) is 0. The van der Waals surface area contributed by atoms with Gasteiger partial charge in [-0.1, -0.05) is 6.07 Å². The maximum absolute atomic E-state index is 5.84. The van der Waals surface area contributed by atoms with Crippen molar-refractivity contribution in [2.24, 2.45) is 14.1 Å². The van der Waals surface area contributed by atoms with E-state index in [2.05, 4.69) is 10.6 Å². The first-order valence-corrected chi connectivity index (χ1v) is 3.89. The van der Waals surface area contributed by atoms with Gasteiger partial charge in [-0.15, -0.1) is 0 Å². The Morgan fingerprint density at radius 2 is 2.17 bits per heavy atom. The number of hydrogen-bond donors (Lipinski definition) is 1. The topological polar surface area (TPSA) is 34.8 Å². The van der Waals surface area contributed by atoms with Gasteiger partial charge in [-0.25, -0.2) is 9.13 Å². The third-order valence-electron chi connectivity index (χ3n) is 2.13. The maximum Gasteiger partial charge on any atom is 0.244 e. The summed E-state index contributed by atoms with van der Waals surface area (Å²) in [6, 6.07) is 5.95. The maximum atomic E-state index is 5.84. The van der Waals surface area contributed by atoms with Gasteiger partial charge >= 0.3 is 0 Å². The fourth-order valence-corrected chi connectivity index (χ4v) is 1.60.